The molecular formula is C8H12BrN3S. The fraction of sp³-hybridized carbons (Fsp3) is 0.750. The van der Waals surface area contributed by atoms with E-state index in [1.807, 2.05) is 0 Å². The van der Waals surface area contributed by atoms with E-state index in [1.54, 1.807) is 0 Å². The molecule has 0 saturated carbocycles. The Morgan fingerprint density at radius 1 is 1.46 bits per heavy atom. The van der Waals surface area contributed by atoms with Crippen LogP contribution < -0.4 is 4.90 Å². The Morgan fingerprint density at radius 3 is 2.69 bits per heavy atom. The van der Waals surface area contributed by atoms with Crippen LogP contribution in [0.4, 0.5) is 5.95 Å². The smallest absolute Gasteiger partial charge is 0.238 e. The molecule has 0 bridgehead atoms. The van der Waals surface area contributed by atoms with Gasteiger partial charge in [0.15, 0.2) is 3.92 Å². The summed E-state index contributed by atoms with van der Waals surface area (Å²) in [5, 5.41) is 0. The van der Waals surface area contributed by atoms with E-state index in [2.05, 4.69) is 37.1 Å². The number of anilines is 1. The maximum atomic E-state index is 4.31. The molecule has 1 fully saturated rings. The van der Waals surface area contributed by atoms with Crippen LogP contribution in [0.5, 0.6) is 0 Å². The predicted octanol–water partition coefficient (Wildman–Crippen LogP) is 2.54. The second kappa shape index (κ2) is 3.92. The Morgan fingerprint density at radius 2 is 2.15 bits per heavy atom. The van der Waals surface area contributed by atoms with E-state index in [-0.39, 0.29) is 0 Å². The lowest BCUT2D eigenvalue weighted by atomic mass is 10.00. The summed E-state index contributed by atoms with van der Waals surface area (Å²) in [6, 6.07) is 0. The van der Waals surface area contributed by atoms with Crippen molar-refractivity contribution in [2.24, 2.45) is 5.92 Å². The predicted molar refractivity (Wildman–Crippen MR) is 58.2 cm³/mol. The molecular weight excluding hydrogens is 250 g/mol. The number of hydrogen-bond donors (Lipinski definition) is 0. The van der Waals surface area contributed by atoms with E-state index in [1.165, 1.54) is 24.4 Å². The van der Waals surface area contributed by atoms with Gasteiger partial charge in [0.1, 0.15) is 0 Å². The van der Waals surface area contributed by atoms with Crippen molar-refractivity contribution in [3.8, 4) is 0 Å². The van der Waals surface area contributed by atoms with Crippen LogP contribution >= 0.6 is 27.5 Å². The Bertz CT molecular complexity index is 281. The van der Waals surface area contributed by atoms with E-state index in [0.717, 1.165) is 28.9 Å². The van der Waals surface area contributed by atoms with Crippen LogP contribution in [0.15, 0.2) is 3.92 Å². The first-order valence-electron chi connectivity index (χ1n) is 4.50. The third-order valence-electron chi connectivity index (χ3n) is 2.46. The van der Waals surface area contributed by atoms with Crippen molar-refractivity contribution in [3.05, 3.63) is 3.92 Å². The average molecular weight is 262 g/mol. The number of halogens is 1. The molecule has 0 N–H and O–H groups in total. The molecule has 0 radical (unpaired) electrons. The van der Waals surface area contributed by atoms with Crippen LogP contribution in [0.3, 0.4) is 0 Å². The Kier molecular flexibility index (Phi) is 2.83. The minimum absolute atomic E-state index is 0.860. The molecule has 0 aliphatic carbocycles. The zero-order chi connectivity index (χ0) is 9.26. The van der Waals surface area contributed by atoms with Gasteiger partial charge in [0, 0.05) is 13.1 Å². The molecule has 3 nitrogen and oxygen atoms in total. The summed E-state index contributed by atoms with van der Waals surface area (Å²) >= 11 is 4.74. The van der Waals surface area contributed by atoms with Gasteiger partial charge in [-0.2, -0.15) is 9.36 Å². The quantitative estimate of drug-likeness (QED) is 0.778. The first kappa shape index (κ1) is 9.40. The summed E-state index contributed by atoms with van der Waals surface area (Å²) in [5.41, 5.74) is 0. The van der Waals surface area contributed by atoms with E-state index >= 15 is 0 Å². The SMILES string of the molecule is CC1CCN(c2nsc(Br)n2)CC1. The monoisotopic (exact) mass is 261 g/mol. The molecule has 2 rings (SSSR count). The summed E-state index contributed by atoms with van der Waals surface area (Å²) in [5.74, 6) is 1.75. The molecule has 2 heterocycles. The highest BCUT2D eigenvalue weighted by atomic mass is 79.9. The average Bonchev–Trinajstić information content (AvgIpc) is 2.53. The van der Waals surface area contributed by atoms with Gasteiger partial charge in [0.2, 0.25) is 5.95 Å². The van der Waals surface area contributed by atoms with Gasteiger partial charge in [-0.05, 0) is 46.2 Å². The lowest BCUT2D eigenvalue weighted by Gasteiger charge is -2.29. The van der Waals surface area contributed by atoms with Crippen LogP contribution in [0.1, 0.15) is 19.8 Å². The van der Waals surface area contributed by atoms with Crippen molar-refractivity contribution in [1.29, 1.82) is 0 Å². The molecule has 0 amide bonds. The minimum atomic E-state index is 0.860. The summed E-state index contributed by atoms with van der Waals surface area (Å²) in [4.78, 5) is 6.57. The van der Waals surface area contributed by atoms with Crippen molar-refractivity contribution in [3.63, 3.8) is 0 Å². The summed E-state index contributed by atoms with van der Waals surface area (Å²) < 4.78 is 5.15. The molecule has 1 aliphatic rings. The third kappa shape index (κ3) is 2.20. The topological polar surface area (TPSA) is 29.0 Å². The van der Waals surface area contributed by atoms with Crippen LogP contribution in [-0.2, 0) is 0 Å². The molecule has 0 unspecified atom stereocenters. The van der Waals surface area contributed by atoms with Gasteiger partial charge in [-0.1, -0.05) is 6.92 Å². The highest BCUT2D eigenvalue weighted by Gasteiger charge is 2.18. The van der Waals surface area contributed by atoms with Crippen molar-refractivity contribution in [2.45, 2.75) is 19.8 Å². The second-order valence-corrected chi connectivity index (χ2v) is 5.54. The minimum Gasteiger partial charge on any atom is -0.340 e. The van der Waals surface area contributed by atoms with Crippen molar-refractivity contribution in [2.75, 3.05) is 18.0 Å². The Balaban J connectivity index is 2.02. The number of rotatable bonds is 1. The molecule has 1 saturated heterocycles. The maximum Gasteiger partial charge on any atom is 0.238 e. The normalized spacial score (nSPS) is 19.4. The Hall–Kier alpha value is -0.160. The Labute approximate surface area is 90.5 Å². The highest BCUT2D eigenvalue weighted by molar-refractivity contribution is 9.11. The molecule has 72 valence electrons. The molecule has 5 heteroatoms. The zero-order valence-electron chi connectivity index (χ0n) is 7.53. The molecule has 0 aromatic carbocycles. The van der Waals surface area contributed by atoms with Gasteiger partial charge >= 0.3 is 0 Å². The van der Waals surface area contributed by atoms with Gasteiger partial charge in [-0.3, -0.25) is 0 Å². The van der Waals surface area contributed by atoms with Gasteiger partial charge in [-0.25, -0.2) is 0 Å². The van der Waals surface area contributed by atoms with Crippen LogP contribution in [0, 0.1) is 5.92 Å². The van der Waals surface area contributed by atoms with E-state index < -0.39 is 0 Å². The lowest BCUT2D eigenvalue weighted by molar-refractivity contribution is 0.435. The first-order valence-corrected chi connectivity index (χ1v) is 6.06. The van der Waals surface area contributed by atoms with Crippen LogP contribution in [-0.4, -0.2) is 22.4 Å². The molecule has 0 spiro atoms. The fourth-order valence-corrected chi connectivity index (χ4v) is 2.35. The highest BCUT2D eigenvalue weighted by Crippen LogP contribution is 2.23. The number of piperidine rings is 1. The molecule has 1 aliphatic heterocycles. The van der Waals surface area contributed by atoms with Gasteiger partial charge < -0.3 is 4.90 Å². The van der Waals surface area contributed by atoms with E-state index in [9.17, 15) is 0 Å². The standard InChI is InChI=1S/C8H12BrN3S/c1-6-2-4-12(5-3-6)8-10-7(9)13-11-8/h6H,2-5H2,1H3. The van der Waals surface area contributed by atoms with Crippen molar-refractivity contribution < 1.29 is 0 Å². The summed E-state index contributed by atoms with van der Waals surface area (Å²) in [6.07, 6.45) is 2.52. The van der Waals surface area contributed by atoms with Crippen molar-refractivity contribution in [1.82, 2.24) is 9.36 Å². The summed E-state index contributed by atoms with van der Waals surface area (Å²) in [7, 11) is 0. The second-order valence-electron chi connectivity index (χ2n) is 3.52. The zero-order valence-corrected chi connectivity index (χ0v) is 9.94. The van der Waals surface area contributed by atoms with Gasteiger partial charge in [-0.15, -0.1) is 0 Å². The molecule has 13 heavy (non-hydrogen) atoms. The first-order chi connectivity index (χ1) is 6.25. The summed E-state index contributed by atoms with van der Waals surface area (Å²) in [6.45, 7) is 4.51. The largest absolute Gasteiger partial charge is 0.340 e. The van der Waals surface area contributed by atoms with Crippen molar-refractivity contribution >= 4 is 33.4 Å². The van der Waals surface area contributed by atoms with Gasteiger partial charge in [0.25, 0.3) is 0 Å². The number of aromatic nitrogens is 2. The third-order valence-corrected chi connectivity index (χ3v) is 3.57. The maximum absolute atomic E-state index is 4.31. The van der Waals surface area contributed by atoms with Gasteiger partial charge in [0.05, 0.1) is 0 Å². The van der Waals surface area contributed by atoms with Crippen LogP contribution in [0.2, 0.25) is 0 Å². The fourth-order valence-electron chi connectivity index (χ4n) is 1.53. The number of nitrogens with zero attached hydrogens (tertiary/aromatic N) is 3. The number of hydrogen-bond acceptors (Lipinski definition) is 4. The molecule has 0 atom stereocenters. The van der Waals surface area contributed by atoms with E-state index in [0.29, 0.717) is 0 Å². The molecule has 1 aromatic heterocycles. The molecule has 1 aromatic rings. The van der Waals surface area contributed by atoms with E-state index in [4.69, 9.17) is 0 Å². The van der Waals surface area contributed by atoms with Crippen LogP contribution in [0.25, 0.3) is 0 Å². The lowest BCUT2D eigenvalue weighted by Crippen LogP contribution is -2.33.